The Hall–Kier alpha value is -2.76. The third-order valence-electron chi connectivity index (χ3n) is 9.16. The minimum absolute atomic E-state index is 0.0267. The van der Waals surface area contributed by atoms with E-state index in [1.165, 1.54) is 12.7 Å². The fourth-order valence-corrected chi connectivity index (χ4v) is 7.35. The van der Waals surface area contributed by atoms with E-state index < -0.39 is 56.6 Å². The van der Waals surface area contributed by atoms with Crippen LogP contribution in [0.15, 0.2) is 42.9 Å². The third-order valence-corrected chi connectivity index (χ3v) is 11.9. The van der Waals surface area contributed by atoms with Gasteiger partial charge in [0.2, 0.25) is 11.8 Å². The molecule has 2 fully saturated rings. The second-order valence-corrected chi connectivity index (χ2v) is 16.6. The summed E-state index contributed by atoms with van der Waals surface area (Å²) in [5, 5.41) is 27.8. The van der Waals surface area contributed by atoms with Crippen molar-refractivity contribution in [2.45, 2.75) is 114 Å². The quantitative estimate of drug-likeness (QED) is 0.202. The number of aromatic nitrogens is 2. The largest absolute Gasteiger partial charge is 0.390 e. The molecule has 0 saturated heterocycles. The summed E-state index contributed by atoms with van der Waals surface area (Å²) in [6.45, 7) is 4.84. The number of aromatic amines is 1. The van der Waals surface area contributed by atoms with Gasteiger partial charge in [0.05, 0.1) is 40.6 Å². The van der Waals surface area contributed by atoms with Gasteiger partial charge in [0.25, 0.3) is 0 Å². The average molecular weight is 631 g/mol. The maximum atomic E-state index is 13.9. The molecular formula is C33H50N4O6S. The molecule has 0 radical (unpaired) electrons. The van der Waals surface area contributed by atoms with Crippen molar-refractivity contribution in [1.29, 1.82) is 0 Å². The molecule has 5 atom stereocenters. The SMILES string of the molecule is CC(C)(C)S(=O)(=O)C[C@@H](Cc1ccccc1)C(=O)N[C@@H](Cc1c[nH]cn1)C(=O)N[C@H](CC1CCCCC1)[C@@H](O)[C@@H](O)C1CC1. The molecule has 0 aliphatic heterocycles. The monoisotopic (exact) mass is 630 g/mol. The number of amides is 2. The van der Waals surface area contributed by atoms with Crippen LogP contribution in [0.2, 0.25) is 0 Å². The number of carbonyl (C=O) groups is 2. The van der Waals surface area contributed by atoms with Crippen LogP contribution in [0.1, 0.15) is 83.4 Å². The van der Waals surface area contributed by atoms with Crippen molar-refractivity contribution in [3.05, 3.63) is 54.1 Å². The molecule has 2 aliphatic carbocycles. The summed E-state index contributed by atoms with van der Waals surface area (Å²) in [6.07, 6.45) is 8.97. The molecule has 1 aromatic carbocycles. The van der Waals surface area contributed by atoms with Gasteiger partial charge in [-0.25, -0.2) is 13.4 Å². The van der Waals surface area contributed by atoms with E-state index in [0.29, 0.717) is 18.0 Å². The van der Waals surface area contributed by atoms with E-state index >= 15 is 0 Å². The maximum absolute atomic E-state index is 13.9. The Morgan fingerprint density at radius 1 is 0.977 bits per heavy atom. The molecule has 1 aromatic heterocycles. The van der Waals surface area contributed by atoms with Gasteiger partial charge < -0.3 is 25.8 Å². The molecule has 2 amide bonds. The predicted octanol–water partition coefficient (Wildman–Crippen LogP) is 3.10. The van der Waals surface area contributed by atoms with Crippen molar-refractivity contribution in [2.75, 3.05) is 5.75 Å². The fourth-order valence-electron chi connectivity index (χ4n) is 6.05. The number of nitrogens with one attached hydrogen (secondary N) is 3. The molecule has 11 heteroatoms. The Labute approximate surface area is 261 Å². The molecule has 44 heavy (non-hydrogen) atoms. The Morgan fingerprint density at radius 3 is 2.25 bits per heavy atom. The number of carbonyl (C=O) groups excluding carboxylic acids is 2. The van der Waals surface area contributed by atoms with E-state index in [-0.39, 0.29) is 24.5 Å². The van der Waals surface area contributed by atoms with Gasteiger partial charge >= 0.3 is 0 Å². The van der Waals surface area contributed by atoms with Crippen molar-refractivity contribution >= 4 is 21.7 Å². The molecule has 2 saturated carbocycles. The van der Waals surface area contributed by atoms with E-state index in [4.69, 9.17) is 0 Å². The summed E-state index contributed by atoms with van der Waals surface area (Å²) < 4.78 is 25.4. The second-order valence-electron chi connectivity index (χ2n) is 13.8. The van der Waals surface area contributed by atoms with Crippen LogP contribution in [0.25, 0.3) is 0 Å². The lowest BCUT2D eigenvalue weighted by Crippen LogP contribution is -2.57. The fraction of sp³-hybridized carbons (Fsp3) is 0.667. The van der Waals surface area contributed by atoms with Gasteiger partial charge in [0, 0.05) is 12.6 Å². The summed E-state index contributed by atoms with van der Waals surface area (Å²) in [5.41, 5.74) is 1.37. The van der Waals surface area contributed by atoms with E-state index in [2.05, 4.69) is 20.6 Å². The number of aliphatic hydroxyl groups excluding tert-OH is 2. The minimum Gasteiger partial charge on any atom is -0.390 e. The number of H-pyrrole nitrogens is 1. The molecule has 1 heterocycles. The number of hydrogen-bond donors (Lipinski definition) is 5. The number of imidazole rings is 1. The van der Waals surface area contributed by atoms with Gasteiger partial charge in [0.1, 0.15) is 12.1 Å². The highest BCUT2D eigenvalue weighted by atomic mass is 32.2. The van der Waals surface area contributed by atoms with Crippen molar-refractivity contribution < 1.29 is 28.2 Å². The van der Waals surface area contributed by atoms with Gasteiger partial charge in [-0.05, 0) is 63.9 Å². The highest BCUT2D eigenvalue weighted by molar-refractivity contribution is 7.92. The standard InChI is InChI=1S/C33H50N4O6S/c1-33(2,3)44(42,43)20-25(16-22-10-6-4-7-11-22)31(40)37-28(18-26-19-34-21-35-26)32(41)36-27(17-23-12-8-5-9-13-23)30(39)29(38)24-14-15-24/h4,6-7,10-11,19,21,23-25,27-30,38-39H,5,8-9,12-18,20H2,1-3H3,(H,34,35)(H,36,41)(H,37,40)/t25-,27-,28+,29+,30-/m1/s1. The van der Waals surface area contributed by atoms with Crippen LogP contribution >= 0.6 is 0 Å². The molecule has 4 rings (SSSR count). The van der Waals surface area contributed by atoms with Gasteiger partial charge in [-0.2, -0.15) is 0 Å². The van der Waals surface area contributed by atoms with Crippen molar-refractivity contribution in [2.24, 2.45) is 17.8 Å². The summed E-state index contributed by atoms with van der Waals surface area (Å²) in [7, 11) is -3.67. The number of benzene rings is 1. The van der Waals surface area contributed by atoms with E-state index in [1.807, 2.05) is 30.3 Å². The average Bonchev–Trinajstić information content (AvgIpc) is 3.71. The Bertz CT molecular complexity index is 1300. The molecule has 2 aliphatic rings. The maximum Gasteiger partial charge on any atom is 0.243 e. The van der Waals surface area contributed by atoms with E-state index in [9.17, 15) is 28.2 Å². The molecule has 0 unspecified atom stereocenters. The first-order chi connectivity index (χ1) is 20.8. The van der Waals surface area contributed by atoms with Crippen LogP contribution in [-0.2, 0) is 32.3 Å². The lowest BCUT2D eigenvalue weighted by Gasteiger charge is -2.33. The lowest BCUT2D eigenvalue weighted by molar-refractivity contribution is -0.132. The van der Waals surface area contributed by atoms with Gasteiger partial charge in [-0.1, -0.05) is 62.4 Å². The number of hydrogen-bond acceptors (Lipinski definition) is 7. The van der Waals surface area contributed by atoms with Crippen LogP contribution in [0.3, 0.4) is 0 Å². The molecule has 244 valence electrons. The number of nitrogens with zero attached hydrogens (tertiary/aromatic N) is 1. The predicted molar refractivity (Wildman–Crippen MR) is 169 cm³/mol. The Morgan fingerprint density at radius 2 is 1.66 bits per heavy atom. The highest BCUT2D eigenvalue weighted by Gasteiger charge is 2.41. The normalized spacial score (nSPS) is 19.8. The molecule has 0 bridgehead atoms. The molecule has 10 nitrogen and oxygen atoms in total. The Kier molecular flexibility index (Phi) is 11.6. The van der Waals surface area contributed by atoms with E-state index in [0.717, 1.165) is 44.1 Å². The first-order valence-corrected chi connectivity index (χ1v) is 17.7. The zero-order valence-electron chi connectivity index (χ0n) is 26.2. The third kappa shape index (κ3) is 9.62. The Balaban J connectivity index is 1.56. The topological polar surface area (TPSA) is 161 Å². The zero-order valence-corrected chi connectivity index (χ0v) is 27.1. The molecule has 0 spiro atoms. The van der Waals surface area contributed by atoms with Crippen molar-refractivity contribution in [3.63, 3.8) is 0 Å². The molecular weight excluding hydrogens is 580 g/mol. The first kappa shape index (κ1) is 34.1. The zero-order chi connectivity index (χ0) is 31.9. The summed E-state index contributed by atoms with van der Waals surface area (Å²) in [6, 6.07) is 7.48. The van der Waals surface area contributed by atoms with Crippen LogP contribution < -0.4 is 10.6 Å². The van der Waals surface area contributed by atoms with Crippen LogP contribution in [0.5, 0.6) is 0 Å². The number of sulfone groups is 1. The summed E-state index contributed by atoms with van der Waals surface area (Å²) >= 11 is 0. The lowest BCUT2D eigenvalue weighted by atomic mass is 9.82. The highest BCUT2D eigenvalue weighted by Crippen LogP contribution is 2.36. The number of aliphatic hydroxyl groups is 2. The van der Waals surface area contributed by atoms with Crippen molar-refractivity contribution in [1.82, 2.24) is 20.6 Å². The van der Waals surface area contributed by atoms with Crippen molar-refractivity contribution in [3.8, 4) is 0 Å². The first-order valence-electron chi connectivity index (χ1n) is 16.0. The van der Waals surface area contributed by atoms with Crippen LogP contribution in [0, 0.1) is 17.8 Å². The second kappa shape index (κ2) is 15.0. The van der Waals surface area contributed by atoms with Gasteiger partial charge in [-0.3, -0.25) is 9.59 Å². The van der Waals surface area contributed by atoms with Gasteiger partial charge in [0.15, 0.2) is 9.84 Å². The van der Waals surface area contributed by atoms with E-state index in [1.54, 1.807) is 27.0 Å². The van der Waals surface area contributed by atoms with Crippen LogP contribution in [0.4, 0.5) is 0 Å². The van der Waals surface area contributed by atoms with Gasteiger partial charge in [-0.15, -0.1) is 0 Å². The number of rotatable bonds is 15. The summed E-state index contributed by atoms with van der Waals surface area (Å²) in [4.78, 5) is 34.9. The smallest absolute Gasteiger partial charge is 0.243 e. The minimum atomic E-state index is -3.67. The summed E-state index contributed by atoms with van der Waals surface area (Å²) in [5.74, 6) is -1.99. The molecule has 5 N–H and O–H groups in total. The van der Waals surface area contributed by atoms with Crippen LogP contribution in [-0.4, -0.2) is 75.2 Å². The molecule has 2 aromatic rings.